The Morgan fingerprint density at radius 1 is 1.56 bits per heavy atom. The summed E-state index contributed by atoms with van der Waals surface area (Å²) in [4.78, 5) is 14.0. The van der Waals surface area contributed by atoms with E-state index in [2.05, 4.69) is 16.8 Å². The lowest BCUT2D eigenvalue weighted by Gasteiger charge is -2.30. The van der Waals surface area contributed by atoms with Crippen molar-refractivity contribution < 1.29 is 4.79 Å². The van der Waals surface area contributed by atoms with Gasteiger partial charge in [0.2, 0.25) is 0 Å². The minimum absolute atomic E-state index is 0.0933. The maximum atomic E-state index is 12.1. The maximum Gasteiger partial charge on any atom is 0.257 e. The summed E-state index contributed by atoms with van der Waals surface area (Å²) in [5.41, 5.74) is 0.680. The molecule has 0 radical (unpaired) electrons. The van der Waals surface area contributed by atoms with Crippen LogP contribution in [0, 0.1) is 0 Å². The topological polar surface area (TPSA) is 38.1 Å². The number of likely N-dealkylation sites (tertiary alicyclic amines) is 1. The molecule has 0 N–H and O–H groups in total. The van der Waals surface area contributed by atoms with Gasteiger partial charge in [-0.25, -0.2) is 0 Å². The van der Waals surface area contributed by atoms with Crippen molar-refractivity contribution in [3.63, 3.8) is 0 Å². The van der Waals surface area contributed by atoms with E-state index in [4.69, 9.17) is 0 Å². The third kappa shape index (κ3) is 2.55. The van der Waals surface area contributed by atoms with Crippen molar-refractivity contribution >= 4 is 28.4 Å². The van der Waals surface area contributed by atoms with Gasteiger partial charge in [0.25, 0.3) is 5.91 Å². The van der Waals surface area contributed by atoms with Gasteiger partial charge in [-0.1, -0.05) is 10.8 Å². The van der Waals surface area contributed by atoms with Crippen LogP contribution in [0.5, 0.6) is 0 Å². The second-order valence-electron chi connectivity index (χ2n) is 4.00. The van der Waals surface area contributed by atoms with Gasteiger partial charge in [0.1, 0.15) is 0 Å². The summed E-state index contributed by atoms with van der Waals surface area (Å²) in [5, 5.41) is 4.60. The quantitative estimate of drug-likeness (QED) is 0.646. The first kappa shape index (κ1) is 11.9. The molecule has 0 aliphatic carbocycles. The SMILES string of the molecule is Cn1cc(C(=O)N2CCC(SS)CC2)cn1. The zero-order chi connectivity index (χ0) is 11.5. The average Bonchev–Trinajstić information content (AvgIpc) is 2.75. The van der Waals surface area contributed by atoms with E-state index in [1.54, 1.807) is 27.9 Å². The van der Waals surface area contributed by atoms with Crippen LogP contribution in [0.15, 0.2) is 12.4 Å². The van der Waals surface area contributed by atoms with Crippen LogP contribution in [0.1, 0.15) is 23.2 Å². The van der Waals surface area contributed by atoms with Crippen molar-refractivity contribution in [2.45, 2.75) is 18.1 Å². The van der Waals surface area contributed by atoms with E-state index in [9.17, 15) is 4.79 Å². The standard InChI is InChI=1S/C10H15N3OS2/c1-12-7-8(6-11-12)10(14)13-4-2-9(16-15)3-5-13/h6-7,9,15H,2-5H2,1H3. The lowest BCUT2D eigenvalue weighted by Crippen LogP contribution is -2.39. The van der Waals surface area contributed by atoms with Crippen LogP contribution >= 0.6 is 22.5 Å². The monoisotopic (exact) mass is 257 g/mol. The summed E-state index contributed by atoms with van der Waals surface area (Å²) in [7, 11) is 3.42. The highest BCUT2D eigenvalue weighted by atomic mass is 33.1. The molecule has 0 aromatic carbocycles. The van der Waals surface area contributed by atoms with Gasteiger partial charge < -0.3 is 4.90 Å². The summed E-state index contributed by atoms with van der Waals surface area (Å²) in [6.07, 6.45) is 5.45. The van der Waals surface area contributed by atoms with Crippen LogP contribution in [0.4, 0.5) is 0 Å². The molecule has 2 rings (SSSR count). The molecule has 6 heteroatoms. The largest absolute Gasteiger partial charge is 0.338 e. The predicted octanol–water partition coefficient (Wildman–Crippen LogP) is 1.60. The summed E-state index contributed by atoms with van der Waals surface area (Å²) >= 11 is 4.22. The second kappa shape index (κ2) is 5.14. The minimum atomic E-state index is 0.0933. The molecule has 1 fully saturated rings. The molecule has 16 heavy (non-hydrogen) atoms. The zero-order valence-corrected chi connectivity index (χ0v) is 10.9. The van der Waals surface area contributed by atoms with Gasteiger partial charge in [0.15, 0.2) is 0 Å². The molecule has 1 aliphatic rings. The number of rotatable bonds is 2. The Kier molecular flexibility index (Phi) is 3.81. The Labute approximate surface area is 104 Å². The lowest BCUT2D eigenvalue weighted by molar-refractivity contribution is 0.0727. The van der Waals surface area contributed by atoms with Gasteiger partial charge >= 0.3 is 0 Å². The summed E-state index contributed by atoms with van der Waals surface area (Å²) in [6.45, 7) is 1.65. The smallest absolute Gasteiger partial charge is 0.257 e. The van der Waals surface area contributed by atoms with Crippen LogP contribution in [-0.2, 0) is 7.05 Å². The fourth-order valence-corrected chi connectivity index (χ4v) is 2.93. The molecule has 1 aliphatic heterocycles. The number of hydrogen-bond acceptors (Lipinski definition) is 4. The number of aromatic nitrogens is 2. The Morgan fingerprint density at radius 2 is 2.25 bits per heavy atom. The number of carbonyl (C=O) groups is 1. The van der Waals surface area contributed by atoms with E-state index in [0.717, 1.165) is 25.9 Å². The maximum absolute atomic E-state index is 12.1. The highest BCUT2D eigenvalue weighted by Gasteiger charge is 2.23. The molecule has 0 bridgehead atoms. The Bertz CT molecular complexity index is 372. The van der Waals surface area contributed by atoms with Crippen LogP contribution in [0.3, 0.4) is 0 Å². The van der Waals surface area contributed by atoms with Gasteiger partial charge in [-0.15, -0.1) is 11.7 Å². The number of aryl methyl sites for hydroxylation is 1. The van der Waals surface area contributed by atoms with Gasteiger partial charge in [0, 0.05) is 31.6 Å². The molecule has 0 atom stereocenters. The van der Waals surface area contributed by atoms with Crippen LogP contribution in [0.2, 0.25) is 0 Å². The number of nitrogens with zero attached hydrogens (tertiary/aromatic N) is 3. The fourth-order valence-electron chi connectivity index (χ4n) is 1.88. The predicted molar refractivity (Wildman–Crippen MR) is 68.7 cm³/mol. The first-order valence-electron chi connectivity index (χ1n) is 5.29. The molecule has 1 amide bonds. The molecule has 1 aromatic rings. The van der Waals surface area contributed by atoms with Crippen molar-refractivity contribution in [2.24, 2.45) is 7.05 Å². The third-order valence-electron chi connectivity index (χ3n) is 2.83. The van der Waals surface area contributed by atoms with Gasteiger partial charge in [-0.05, 0) is 12.8 Å². The van der Waals surface area contributed by atoms with E-state index in [-0.39, 0.29) is 5.91 Å². The minimum Gasteiger partial charge on any atom is -0.338 e. The van der Waals surface area contributed by atoms with Crippen molar-refractivity contribution in [3.8, 4) is 0 Å². The molecule has 88 valence electrons. The highest BCUT2D eigenvalue weighted by molar-refractivity contribution is 8.68. The Hall–Kier alpha value is -0.620. The summed E-state index contributed by atoms with van der Waals surface area (Å²) in [6, 6.07) is 0. The lowest BCUT2D eigenvalue weighted by atomic mass is 10.1. The fraction of sp³-hybridized carbons (Fsp3) is 0.600. The van der Waals surface area contributed by atoms with Gasteiger partial charge in [0.05, 0.1) is 11.8 Å². The molecule has 1 saturated heterocycles. The normalized spacial score (nSPS) is 17.8. The second-order valence-corrected chi connectivity index (χ2v) is 5.51. The zero-order valence-electron chi connectivity index (χ0n) is 9.17. The summed E-state index contributed by atoms with van der Waals surface area (Å²) in [5.74, 6) is 0.0933. The van der Waals surface area contributed by atoms with E-state index in [0.29, 0.717) is 10.8 Å². The van der Waals surface area contributed by atoms with Crippen molar-refractivity contribution in [3.05, 3.63) is 18.0 Å². The first-order chi connectivity index (χ1) is 7.70. The molecule has 1 aromatic heterocycles. The van der Waals surface area contributed by atoms with Gasteiger partial charge in [-0.2, -0.15) is 5.10 Å². The van der Waals surface area contributed by atoms with Crippen LogP contribution < -0.4 is 0 Å². The van der Waals surface area contributed by atoms with Crippen molar-refractivity contribution in [2.75, 3.05) is 13.1 Å². The van der Waals surface area contributed by atoms with Crippen LogP contribution in [0.25, 0.3) is 0 Å². The van der Waals surface area contributed by atoms with Crippen molar-refractivity contribution in [1.82, 2.24) is 14.7 Å². The van der Waals surface area contributed by atoms with E-state index in [1.165, 1.54) is 0 Å². The molecular weight excluding hydrogens is 242 g/mol. The molecule has 2 heterocycles. The molecule has 0 spiro atoms. The summed E-state index contributed by atoms with van der Waals surface area (Å²) < 4.78 is 1.66. The van der Waals surface area contributed by atoms with Crippen molar-refractivity contribution in [1.29, 1.82) is 0 Å². The van der Waals surface area contributed by atoms with E-state index >= 15 is 0 Å². The Morgan fingerprint density at radius 3 is 2.75 bits per heavy atom. The molecular formula is C10H15N3OS2. The highest BCUT2D eigenvalue weighted by Crippen LogP contribution is 2.26. The first-order valence-corrected chi connectivity index (χ1v) is 7.22. The van der Waals surface area contributed by atoms with Gasteiger partial charge in [-0.3, -0.25) is 9.48 Å². The Balaban J connectivity index is 1.96. The number of amides is 1. The third-order valence-corrected chi connectivity index (χ3v) is 4.49. The average molecular weight is 257 g/mol. The number of hydrogen-bond donors (Lipinski definition) is 1. The molecule has 4 nitrogen and oxygen atoms in total. The molecule has 0 unspecified atom stereocenters. The molecule has 0 saturated carbocycles. The number of piperidine rings is 1. The van der Waals surface area contributed by atoms with Crippen LogP contribution in [-0.4, -0.2) is 38.9 Å². The number of carbonyl (C=O) groups excluding carboxylic acids is 1. The van der Waals surface area contributed by atoms with E-state index < -0.39 is 0 Å². The number of thiol groups is 1. The van der Waals surface area contributed by atoms with E-state index in [1.807, 2.05) is 11.9 Å².